The van der Waals surface area contributed by atoms with E-state index in [4.69, 9.17) is 0 Å². The van der Waals surface area contributed by atoms with E-state index in [1.807, 2.05) is 50.0 Å². The second-order valence-electron chi connectivity index (χ2n) is 8.22. The highest BCUT2D eigenvalue weighted by Gasteiger charge is 2.60. The van der Waals surface area contributed by atoms with Gasteiger partial charge in [-0.05, 0) is 18.1 Å². The fraction of sp³-hybridized carbons (Fsp3) is 0.421. The third kappa shape index (κ3) is 3.44. The quantitative estimate of drug-likeness (QED) is 0.551. The maximum atomic E-state index is 13.3. The second kappa shape index (κ2) is 7.29. The van der Waals surface area contributed by atoms with Gasteiger partial charge >= 0.3 is 5.97 Å². The molecule has 1 fully saturated rings. The molecule has 2 amide bonds. The van der Waals surface area contributed by atoms with Gasteiger partial charge in [-0.25, -0.2) is 4.79 Å². The second-order valence-corrected chi connectivity index (χ2v) is 15.6. The molecule has 0 radical (unpaired) electrons. The van der Waals surface area contributed by atoms with Gasteiger partial charge in [0, 0.05) is 0 Å². The predicted octanol–water partition coefficient (Wildman–Crippen LogP) is 1.25. The van der Waals surface area contributed by atoms with Crippen LogP contribution in [0.25, 0.3) is 0 Å². The molecular formula is C19H24N2O5SSi. The molecule has 28 heavy (non-hydrogen) atoms. The fourth-order valence-electron chi connectivity index (χ4n) is 3.98. The fourth-order valence-corrected chi connectivity index (χ4v) is 10.2. The van der Waals surface area contributed by atoms with Crippen molar-refractivity contribution in [3.05, 3.63) is 47.2 Å². The molecule has 0 bridgehead atoms. The molecule has 0 aliphatic carbocycles. The molecule has 2 heterocycles. The number of hydrogen-bond donors (Lipinski definition) is 2. The highest BCUT2D eigenvalue weighted by atomic mass is 32.2. The van der Waals surface area contributed by atoms with Gasteiger partial charge in [0.2, 0.25) is 5.91 Å². The first-order valence-electron chi connectivity index (χ1n) is 9.04. The number of carboxylic acids is 1. The van der Waals surface area contributed by atoms with Crippen LogP contribution in [0.1, 0.15) is 12.5 Å². The summed E-state index contributed by atoms with van der Waals surface area (Å²) < 4.78 is 13.3. The van der Waals surface area contributed by atoms with Crippen LogP contribution in [0.2, 0.25) is 19.6 Å². The summed E-state index contributed by atoms with van der Waals surface area (Å²) in [6.07, 6.45) is 0.0993. The van der Waals surface area contributed by atoms with E-state index in [0.29, 0.717) is 5.57 Å². The number of carbonyl (C=O) groups is 3. The highest BCUT2D eigenvalue weighted by Crippen LogP contribution is 2.40. The predicted molar refractivity (Wildman–Crippen MR) is 108 cm³/mol. The number of rotatable bonds is 5. The molecule has 3 rings (SSSR count). The molecule has 2 aliphatic rings. The Morgan fingerprint density at radius 2 is 1.82 bits per heavy atom. The zero-order valence-electron chi connectivity index (χ0n) is 16.3. The minimum absolute atomic E-state index is 0.0874. The number of nitrogens with zero attached hydrogens (tertiary/aromatic N) is 1. The van der Waals surface area contributed by atoms with Crippen LogP contribution in [0.5, 0.6) is 0 Å². The largest absolute Gasteiger partial charge is 0.477 e. The zero-order valence-corrected chi connectivity index (χ0v) is 18.1. The van der Waals surface area contributed by atoms with Crippen LogP contribution in [-0.2, 0) is 31.6 Å². The Morgan fingerprint density at radius 3 is 2.36 bits per heavy atom. The average Bonchev–Trinajstić information content (AvgIpc) is 2.58. The van der Waals surface area contributed by atoms with Crippen molar-refractivity contribution in [2.24, 2.45) is 0 Å². The van der Waals surface area contributed by atoms with Crippen LogP contribution in [0, 0.1) is 0 Å². The third-order valence-electron chi connectivity index (χ3n) is 5.03. The number of fused-ring (bicyclic) bond motifs is 1. The van der Waals surface area contributed by atoms with Crippen molar-refractivity contribution >= 4 is 36.7 Å². The molecule has 1 saturated heterocycles. The number of benzene rings is 1. The zero-order chi connectivity index (χ0) is 20.8. The lowest BCUT2D eigenvalue weighted by Crippen LogP contribution is -2.75. The average molecular weight is 421 g/mol. The summed E-state index contributed by atoms with van der Waals surface area (Å²) in [5.74, 6) is -2.08. The monoisotopic (exact) mass is 420 g/mol. The summed E-state index contributed by atoms with van der Waals surface area (Å²) in [4.78, 5) is 37.6. The topological polar surface area (TPSA) is 104 Å². The number of carbonyl (C=O) groups excluding carboxylic acids is 2. The third-order valence-corrected chi connectivity index (χ3v) is 11.6. The molecule has 4 atom stereocenters. The minimum atomic E-state index is -2.03. The van der Waals surface area contributed by atoms with Gasteiger partial charge < -0.3 is 10.4 Å². The van der Waals surface area contributed by atoms with Gasteiger partial charge in [0.15, 0.2) is 0 Å². The van der Waals surface area contributed by atoms with Crippen LogP contribution in [0.3, 0.4) is 0 Å². The summed E-state index contributed by atoms with van der Waals surface area (Å²) in [5, 5.41) is 11.5. The van der Waals surface area contributed by atoms with Crippen LogP contribution in [0.4, 0.5) is 0 Å². The Kier molecular flexibility index (Phi) is 5.33. The van der Waals surface area contributed by atoms with Crippen molar-refractivity contribution in [3.8, 4) is 0 Å². The molecule has 7 nitrogen and oxygen atoms in total. The Balaban J connectivity index is 1.87. The van der Waals surface area contributed by atoms with Crippen molar-refractivity contribution in [2.45, 2.75) is 49.3 Å². The smallest absolute Gasteiger partial charge is 0.352 e. The molecule has 2 N–H and O–H groups in total. The van der Waals surface area contributed by atoms with Crippen molar-refractivity contribution in [2.75, 3.05) is 0 Å². The maximum Gasteiger partial charge on any atom is 0.352 e. The van der Waals surface area contributed by atoms with Crippen molar-refractivity contribution in [3.63, 3.8) is 0 Å². The van der Waals surface area contributed by atoms with Gasteiger partial charge in [-0.1, -0.05) is 50.0 Å². The molecule has 1 aromatic carbocycles. The number of carboxylic acid groups (broad SMARTS) is 1. The molecule has 9 heteroatoms. The molecule has 3 unspecified atom stereocenters. The summed E-state index contributed by atoms with van der Waals surface area (Å²) >= 11 is 0. The lowest BCUT2D eigenvalue weighted by molar-refractivity contribution is -0.150. The summed E-state index contributed by atoms with van der Waals surface area (Å²) in [5.41, 5.74) is 1.20. The summed E-state index contributed by atoms with van der Waals surface area (Å²) in [6, 6.07) is 8.14. The van der Waals surface area contributed by atoms with Crippen molar-refractivity contribution < 1.29 is 23.7 Å². The Bertz CT molecular complexity index is 893. The van der Waals surface area contributed by atoms with Gasteiger partial charge in [0.25, 0.3) is 5.91 Å². The minimum Gasteiger partial charge on any atom is -0.477 e. The number of nitrogens with one attached hydrogen (secondary N) is 1. The molecule has 2 aliphatic heterocycles. The van der Waals surface area contributed by atoms with E-state index in [1.54, 1.807) is 6.92 Å². The molecule has 150 valence electrons. The molecular weight excluding hydrogens is 396 g/mol. The Morgan fingerprint density at radius 1 is 1.21 bits per heavy atom. The summed E-state index contributed by atoms with van der Waals surface area (Å²) in [7, 11) is -3.52. The van der Waals surface area contributed by atoms with Crippen LogP contribution < -0.4 is 5.32 Å². The van der Waals surface area contributed by atoms with Gasteiger partial charge in [-0.2, -0.15) is 0 Å². The highest BCUT2D eigenvalue weighted by molar-refractivity contribution is 7.88. The van der Waals surface area contributed by atoms with Crippen molar-refractivity contribution in [1.82, 2.24) is 10.2 Å². The van der Waals surface area contributed by atoms with E-state index in [1.165, 1.54) is 0 Å². The maximum absolute atomic E-state index is 13.3. The molecule has 0 spiro atoms. The van der Waals surface area contributed by atoms with Gasteiger partial charge in [0.05, 0.1) is 30.2 Å². The number of aliphatic carboxylic acids is 1. The van der Waals surface area contributed by atoms with E-state index in [-0.39, 0.29) is 22.9 Å². The van der Waals surface area contributed by atoms with Crippen molar-refractivity contribution in [1.29, 1.82) is 0 Å². The molecule has 1 aromatic rings. The van der Waals surface area contributed by atoms with E-state index < -0.39 is 42.2 Å². The van der Waals surface area contributed by atoms with E-state index >= 15 is 0 Å². The lowest BCUT2D eigenvalue weighted by Gasteiger charge is -2.52. The van der Waals surface area contributed by atoms with E-state index in [2.05, 4.69) is 5.32 Å². The standard InChI is InChI=1S/C19H24N2O5SSi/c1-11-15(18(24)25)21-16(23)14(17(21)27(26)19(11)28(2,3)4)20-13(22)10-12-8-6-5-7-9-12/h5-9,14,17,19H,10H2,1-4H3,(H,20,22)(H,24,25)/t14?,17-,19?,27?/m1/s1. The lowest BCUT2D eigenvalue weighted by atomic mass is 10.0. The van der Waals surface area contributed by atoms with E-state index in [0.717, 1.165) is 10.5 Å². The number of β-lactam (4-membered cyclic amide) rings is 1. The van der Waals surface area contributed by atoms with E-state index in [9.17, 15) is 23.7 Å². The van der Waals surface area contributed by atoms with Crippen LogP contribution in [0.15, 0.2) is 41.6 Å². The molecule has 0 aromatic heterocycles. The van der Waals surface area contributed by atoms with Crippen LogP contribution >= 0.6 is 0 Å². The number of hydrogen-bond acceptors (Lipinski definition) is 4. The van der Waals surface area contributed by atoms with Gasteiger partial charge in [0.1, 0.15) is 17.1 Å². The van der Waals surface area contributed by atoms with Gasteiger partial charge in [-0.15, -0.1) is 0 Å². The Labute approximate surface area is 167 Å². The first-order chi connectivity index (χ1) is 13.0. The van der Waals surface area contributed by atoms with Crippen LogP contribution in [-0.4, -0.2) is 56.4 Å². The SMILES string of the molecule is CC1=C(C(=O)O)N2C(=O)C(NC(=O)Cc3ccccc3)[C@H]2S(=O)C1[Si](C)(C)C. The Hall–Kier alpha value is -2.26. The number of amides is 2. The van der Waals surface area contributed by atoms with Gasteiger partial charge in [-0.3, -0.25) is 18.7 Å². The first-order valence-corrected chi connectivity index (χ1v) is 13.9. The first kappa shape index (κ1) is 20.5. The molecule has 0 saturated carbocycles. The summed E-state index contributed by atoms with van der Waals surface area (Å²) in [6.45, 7) is 7.72. The normalized spacial score (nSPS) is 27.1.